The van der Waals surface area contributed by atoms with Crippen LogP contribution in [-0.2, 0) is 9.53 Å². The average Bonchev–Trinajstić information content (AvgIpc) is 3.17. The lowest BCUT2D eigenvalue weighted by atomic mass is 9.85. The highest BCUT2D eigenvalue weighted by molar-refractivity contribution is 5.66. The Balaban J connectivity index is 2.01. The standard InChI is InChI=1S/C22H33NO5/c1-3-4-6-14(2)9-10-17(24)22-16-11-19(28-20(16)12-18(22)25)15(13-23)7-5-8-21(26)27/h9-10,14,16-18,20,22,24-25H,3-8,11-12H2,1-2H3,(H,26,27)/b10-9+,19-15-/t14?,16-,17?,18+,20-,22-/m0/s1. The summed E-state index contributed by atoms with van der Waals surface area (Å²) >= 11 is 0. The quantitative estimate of drug-likeness (QED) is 0.388. The molecule has 0 spiro atoms. The molecule has 0 aromatic heterocycles. The molecule has 6 nitrogen and oxygen atoms in total. The summed E-state index contributed by atoms with van der Waals surface area (Å²) in [5, 5.41) is 39.3. The lowest BCUT2D eigenvalue weighted by Gasteiger charge is -2.23. The molecule has 0 bridgehead atoms. The van der Waals surface area contributed by atoms with Crippen LogP contribution in [0.4, 0.5) is 0 Å². The number of nitriles is 1. The van der Waals surface area contributed by atoms with Gasteiger partial charge in [-0.25, -0.2) is 0 Å². The summed E-state index contributed by atoms with van der Waals surface area (Å²) in [6.45, 7) is 4.28. The minimum absolute atomic E-state index is 0.0202. The Morgan fingerprint density at radius 1 is 1.36 bits per heavy atom. The predicted octanol–water partition coefficient (Wildman–Crippen LogP) is 3.55. The van der Waals surface area contributed by atoms with Crippen LogP contribution < -0.4 is 0 Å². The maximum atomic E-state index is 10.7. The number of hydrogen-bond donors (Lipinski definition) is 3. The number of carbonyl (C=O) groups is 1. The summed E-state index contributed by atoms with van der Waals surface area (Å²) in [6, 6.07) is 2.14. The number of ether oxygens (including phenoxy) is 1. The van der Waals surface area contributed by atoms with Gasteiger partial charge in [0.25, 0.3) is 0 Å². The Bertz CT molecular complexity index is 635. The number of rotatable bonds is 10. The molecule has 1 saturated heterocycles. The van der Waals surface area contributed by atoms with Gasteiger partial charge in [-0.1, -0.05) is 38.8 Å². The van der Waals surface area contributed by atoms with Gasteiger partial charge in [-0.15, -0.1) is 0 Å². The number of allylic oxidation sites excluding steroid dienone is 3. The molecule has 6 atom stereocenters. The zero-order valence-corrected chi connectivity index (χ0v) is 16.9. The number of unbranched alkanes of at least 4 members (excludes halogenated alkanes) is 1. The molecule has 1 saturated carbocycles. The van der Waals surface area contributed by atoms with Crippen LogP contribution >= 0.6 is 0 Å². The number of carboxylic acids is 1. The maximum Gasteiger partial charge on any atom is 0.303 e. The molecule has 0 radical (unpaired) electrons. The number of fused-ring (bicyclic) bond motifs is 1. The second kappa shape index (κ2) is 10.6. The van der Waals surface area contributed by atoms with E-state index in [2.05, 4.69) is 19.9 Å². The van der Waals surface area contributed by atoms with E-state index in [0.717, 1.165) is 19.3 Å². The molecule has 6 heteroatoms. The first-order chi connectivity index (χ1) is 13.4. The topological polar surface area (TPSA) is 111 Å². The number of aliphatic carboxylic acids is 1. The van der Waals surface area contributed by atoms with E-state index in [1.165, 1.54) is 0 Å². The minimum Gasteiger partial charge on any atom is -0.493 e. The number of hydrogen-bond acceptors (Lipinski definition) is 5. The first-order valence-corrected chi connectivity index (χ1v) is 10.4. The van der Waals surface area contributed by atoms with Crippen molar-refractivity contribution in [1.29, 1.82) is 5.26 Å². The van der Waals surface area contributed by atoms with Gasteiger partial charge in [0.15, 0.2) is 0 Å². The summed E-state index contributed by atoms with van der Waals surface area (Å²) in [5.41, 5.74) is 0.488. The van der Waals surface area contributed by atoms with Crippen molar-refractivity contribution >= 4 is 5.97 Å². The van der Waals surface area contributed by atoms with E-state index in [1.54, 1.807) is 6.08 Å². The molecule has 0 amide bonds. The fourth-order valence-electron chi connectivity index (χ4n) is 4.35. The molecule has 3 N–H and O–H groups in total. The Morgan fingerprint density at radius 3 is 2.75 bits per heavy atom. The number of nitrogens with zero attached hydrogens (tertiary/aromatic N) is 1. The summed E-state index contributed by atoms with van der Waals surface area (Å²) in [7, 11) is 0. The summed E-state index contributed by atoms with van der Waals surface area (Å²) in [6.07, 6.45) is 7.40. The molecule has 2 aliphatic rings. The number of aliphatic hydroxyl groups excluding tert-OH is 2. The van der Waals surface area contributed by atoms with Crippen LogP contribution in [0.5, 0.6) is 0 Å². The molecule has 28 heavy (non-hydrogen) atoms. The van der Waals surface area contributed by atoms with Crippen molar-refractivity contribution in [3.8, 4) is 6.07 Å². The molecule has 2 rings (SSSR count). The second-order valence-corrected chi connectivity index (χ2v) is 8.16. The second-order valence-electron chi connectivity index (χ2n) is 8.16. The van der Waals surface area contributed by atoms with Crippen molar-refractivity contribution in [2.45, 2.75) is 83.5 Å². The fourth-order valence-corrected chi connectivity index (χ4v) is 4.35. The van der Waals surface area contributed by atoms with Crippen molar-refractivity contribution in [1.82, 2.24) is 0 Å². The lowest BCUT2D eigenvalue weighted by Crippen LogP contribution is -2.31. The summed E-state index contributed by atoms with van der Waals surface area (Å²) in [5.74, 6) is -0.224. The van der Waals surface area contributed by atoms with Gasteiger partial charge in [-0.3, -0.25) is 4.79 Å². The molecule has 1 aliphatic carbocycles. The van der Waals surface area contributed by atoms with Gasteiger partial charge in [0, 0.05) is 31.1 Å². The highest BCUT2D eigenvalue weighted by atomic mass is 16.5. The Hall–Kier alpha value is -1.84. The average molecular weight is 392 g/mol. The van der Waals surface area contributed by atoms with E-state index >= 15 is 0 Å². The minimum atomic E-state index is -0.877. The van der Waals surface area contributed by atoms with Crippen LogP contribution in [0.25, 0.3) is 0 Å². The highest BCUT2D eigenvalue weighted by Gasteiger charge is 2.50. The van der Waals surface area contributed by atoms with Crippen molar-refractivity contribution in [3.63, 3.8) is 0 Å². The molecule has 1 heterocycles. The van der Waals surface area contributed by atoms with E-state index in [0.29, 0.717) is 42.9 Å². The van der Waals surface area contributed by atoms with Crippen molar-refractivity contribution in [3.05, 3.63) is 23.5 Å². The lowest BCUT2D eigenvalue weighted by molar-refractivity contribution is -0.137. The Kier molecular flexibility index (Phi) is 8.53. The number of aliphatic hydroxyl groups is 2. The van der Waals surface area contributed by atoms with Gasteiger partial charge in [0.05, 0.1) is 23.9 Å². The molecule has 1 aliphatic heterocycles. The van der Waals surface area contributed by atoms with Crippen molar-refractivity contribution in [2.24, 2.45) is 17.8 Å². The van der Waals surface area contributed by atoms with Gasteiger partial charge < -0.3 is 20.1 Å². The first-order valence-electron chi connectivity index (χ1n) is 10.4. The van der Waals surface area contributed by atoms with Crippen molar-refractivity contribution in [2.75, 3.05) is 0 Å². The van der Waals surface area contributed by atoms with Crippen LogP contribution in [0.3, 0.4) is 0 Å². The van der Waals surface area contributed by atoms with Crippen LogP contribution in [0.1, 0.15) is 65.2 Å². The fraction of sp³-hybridized carbons (Fsp3) is 0.727. The molecule has 2 unspecified atom stereocenters. The normalized spacial score (nSPS) is 30.5. The van der Waals surface area contributed by atoms with E-state index in [1.807, 2.05) is 6.08 Å². The van der Waals surface area contributed by atoms with Crippen LogP contribution in [0, 0.1) is 29.1 Å². The van der Waals surface area contributed by atoms with Gasteiger partial charge >= 0.3 is 5.97 Å². The van der Waals surface area contributed by atoms with Gasteiger partial charge in [0.2, 0.25) is 0 Å². The molecule has 0 aromatic carbocycles. The van der Waals surface area contributed by atoms with Gasteiger partial charge in [-0.2, -0.15) is 5.26 Å². The van der Waals surface area contributed by atoms with E-state index < -0.39 is 18.2 Å². The number of carboxylic acid groups (broad SMARTS) is 1. The van der Waals surface area contributed by atoms with Gasteiger partial charge in [-0.05, 0) is 25.2 Å². The highest BCUT2D eigenvalue weighted by Crippen LogP contribution is 2.47. The Morgan fingerprint density at radius 2 is 2.11 bits per heavy atom. The molecular formula is C22H33NO5. The van der Waals surface area contributed by atoms with Crippen LogP contribution in [0.2, 0.25) is 0 Å². The third-order valence-corrected chi connectivity index (χ3v) is 5.94. The maximum absolute atomic E-state index is 10.7. The molecule has 0 aromatic rings. The first kappa shape index (κ1) is 22.4. The SMILES string of the molecule is CCCCC(C)/C=C/C(O)[C@@H]1[C@H]2C/C(=C(/C#N)CCCC(=O)O)O[C@H]2C[C@H]1O. The third-order valence-electron chi connectivity index (χ3n) is 5.94. The monoisotopic (exact) mass is 391 g/mol. The summed E-state index contributed by atoms with van der Waals surface area (Å²) < 4.78 is 5.94. The van der Waals surface area contributed by atoms with Gasteiger partial charge in [0.1, 0.15) is 11.9 Å². The molecular weight excluding hydrogens is 358 g/mol. The summed E-state index contributed by atoms with van der Waals surface area (Å²) in [4.78, 5) is 10.7. The largest absolute Gasteiger partial charge is 0.493 e. The predicted molar refractivity (Wildman–Crippen MR) is 105 cm³/mol. The zero-order chi connectivity index (χ0) is 20.7. The van der Waals surface area contributed by atoms with Crippen LogP contribution in [-0.4, -0.2) is 39.6 Å². The van der Waals surface area contributed by atoms with E-state index in [4.69, 9.17) is 9.84 Å². The van der Waals surface area contributed by atoms with Crippen molar-refractivity contribution < 1.29 is 24.9 Å². The molecule has 2 fully saturated rings. The third kappa shape index (κ3) is 5.83. The van der Waals surface area contributed by atoms with Crippen LogP contribution in [0.15, 0.2) is 23.5 Å². The molecule has 156 valence electrons. The zero-order valence-electron chi connectivity index (χ0n) is 16.9. The van der Waals surface area contributed by atoms with E-state index in [-0.39, 0.29) is 24.4 Å². The smallest absolute Gasteiger partial charge is 0.303 e. The van der Waals surface area contributed by atoms with E-state index in [9.17, 15) is 20.3 Å². The Labute approximate surface area is 167 Å².